The number of aliphatic carboxylic acids is 1. The fourth-order valence-electron chi connectivity index (χ4n) is 1.61. The van der Waals surface area contributed by atoms with Gasteiger partial charge >= 0.3 is 5.97 Å². The fraction of sp³-hybridized carbons (Fsp3) is 0.417. The van der Waals surface area contributed by atoms with Gasteiger partial charge in [0.2, 0.25) is 5.82 Å². The van der Waals surface area contributed by atoms with Crippen LogP contribution < -0.4 is 9.47 Å². The van der Waals surface area contributed by atoms with Crippen LogP contribution >= 0.6 is 11.6 Å². The van der Waals surface area contributed by atoms with Gasteiger partial charge in [-0.3, -0.25) is 4.79 Å². The fourth-order valence-corrected chi connectivity index (χ4v) is 1.90. The van der Waals surface area contributed by atoms with E-state index in [9.17, 15) is 9.18 Å². The third kappa shape index (κ3) is 2.85. The highest BCUT2D eigenvalue weighted by atomic mass is 35.5. The quantitative estimate of drug-likeness (QED) is 0.898. The van der Waals surface area contributed by atoms with Gasteiger partial charge in [-0.05, 0) is 18.1 Å². The molecule has 1 N–H and O–H groups in total. The maximum atomic E-state index is 14.0. The summed E-state index contributed by atoms with van der Waals surface area (Å²) in [5.74, 6) is -2.50. The predicted molar refractivity (Wildman–Crippen MR) is 65.0 cm³/mol. The maximum absolute atomic E-state index is 14.0. The van der Waals surface area contributed by atoms with Gasteiger partial charge in [0, 0.05) is 0 Å². The van der Waals surface area contributed by atoms with Crippen LogP contribution in [0.5, 0.6) is 11.5 Å². The molecule has 0 aliphatic carbocycles. The number of methoxy groups -OCH3 is 2. The first kappa shape index (κ1) is 14.6. The van der Waals surface area contributed by atoms with Gasteiger partial charge in [-0.15, -0.1) is 0 Å². The summed E-state index contributed by atoms with van der Waals surface area (Å²) < 4.78 is 23.7. The first-order valence-corrected chi connectivity index (χ1v) is 5.61. The Bertz CT molecular complexity index is 462. The van der Waals surface area contributed by atoms with E-state index in [1.54, 1.807) is 0 Å². The molecule has 1 atom stereocenters. The van der Waals surface area contributed by atoms with Crippen molar-refractivity contribution in [3.05, 3.63) is 22.5 Å². The third-order valence-electron chi connectivity index (χ3n) is 2.56. The Morgan fingerprint density at radius 1 is 1.44 bits per heavy atom. The second kappa shape index (κ2) is 5.91. The SMILES string of the molecule is COc1c(Cl)cc(CC(C)C(=O)O)c(OC)c1F. The van der Waals surface area contributed by atoms with Crippen molar-refractivity contribution in [2.75, 3.05) is 14.2 Å². The Labute approximate surface area is 109 Å². The summed E-state index contributed by atoms with van der Waals surface area (Å²) in [5.41, 5.74) is 0.399. The first-order chi connectivity index (χ1) is 8.42. The predicted octanol–water partition coefficient (Wildman–Crippen LogP) is 2.76. The molecule has 0 radical (unpaired) electrons. The van der Waals surface area contributed by atoms with Crippen LogP contribution in [0.3, 0.4) is 0 Å². The maximum Gasteiger partial charge on any atom is 0.306 e. The zero-order chi connectivity index (χ0) is 13.9. The number of ether oxygens (including phenoxy) is 2. The molecule has 0 amide bonds. The van der Waals surface area contributed by atoms with Crippen LogP contribution in [0.15, 0.2) is 6.07 Å². The monoisotopic (exact) mass is 276 g/mol. The van der Waals surface area contributed by atoms with E-state index in [0.29, 0.717) is 5.56 Å². The van der Waals surface area contributed by atoms with Crippen LogP contribution in [0.25, 0.3) is 0 Å². The highest BCUT2D eigenvalue weighted by molar-refractivity contribution is 6.32. The van der Waals surface area contributed by atoms with Gasteiger partial charge in [-0.25, -0.2) is 0 Å². The lowest BCUT2D eigenvalue weighted by Crippen LogP contribution is -2.13. The van der Waals surface area contributed by atoms with Crippen molar-refractivity contribution in [3.8, 4) is 11.5 Å². The summed E-state index contributed by atoms with van der Waals surface area (Å²) in [6.07, 6.45) is 0.124. The summed E-state index contributed by atoms with van der Waals surface area (Å²) in [4.78, 5) is 10.8. The van der Waals surface area contributed by atoms with Crippen LogP contribution in [0.4, 0.5) is 4.39 Å². The van der Waals surface area contributed by atoms with E-state index in [1.807, 2.05) is 0 Å². The molecule has 4 nitrogen and oxygen atoms in total. The third-order valence-corrected chi connectivity index (χ3v) is 2.84. The molecule has 1 aromatic carbocycles. The molecule has 0 fully saturated rings. The number of hydrogen-bond acceptors (Lipinski definition) is 3. The van der Waals surface area contributed by atoms with E-state index >= 15 is 0 Å². The molecule has 0 bridgehead atoms. The second-order valence-corrected chi connectivity index (χ2v) is 4.25. The summed E-state index contributed by atoms with van der Waals surface area (Å²) in [7, 11) is 2.60. The van der Waals surface area contributed by atoms with Crippen LogP contribution in [-0.4, -0.2) is 25.3 Å². The van der Waals surface area contributed by atoms with Crippen molar-refractivity contribution in [3.63, 3.8) is 0 Å². The van der Waals surface area contributed by atoms with Crippen LogP contribution in [0.1, 0.15) is 12.5 Å². The highest BCUT2D eigenvalue weighted by Crippen LogP contribution is 2.37. The number of carboxylic acid groups (broad SMARTS) is 1. The number of carboxylic acids is 1. The zero-order valence-electron chi connectivity index (χ0n) is 10.3. The van der Waals surface area contributed by atoms with Crippen molar-refractivity contribution < 1.29 is 23.8 Å². The van der Waals surface area contributed by atoms with Gasteiger partial charge in [0.05, 0.1) is 25.2 Å². The van der Waals surface area contributed by atoms with Crippen molar-refractivity contribution in [2.45, 2.75) is 13.3 Å². The summed E-state index contributed by atoms with van der Waals surface area (Å²) >= 11 is 5.86. The summed E-state index contributed by atoms with van der Waals surface area (Å²) in [5, 5.41) is 8.94. The molecular formula is C12H14ClFO4. The molecule has 0 heterocycles. The number of halogens is 2. The standard InChI is InChI=1S/C12H14ClFO4/c1-6(12(15)16)4-7-5-8(13)11(18-3)9(14)10(7)17-2/h5-6H,4H2,1-3H3,(H,15,16). The molecule has 6 heteroatoms. The molecule has 1 rings (SSSR count). The van der Waals surface area contributed by atoms with Crippen LogP contribution in [0.2, 0.25) is 5.02 Å². The molecule has 18 heavy (non-hydrogen) atoms. The average Bonchev–Trinajstić information content (AvgIpc) is 2.29. The summed E-state index contributed by atoms with van der Waals surface area (Å²) in [6, 6.07) is 1.46. The second-order valence-electron chi connectivity index (χ2n) is 3.84. The van der Waals surface area contributed by atoms with Crippen molar-refractivity contribution in [1.29, 1.82) is 0 Å². The topological polar surface area (TPSA) is 55.8 Å². The van der Waals surface area contributed by atoms with Crippen molar-refractivity contribution in [2.24, 2.45) is 5.92 Å². The number of rotatable bonds is 5. The molecule has 1 unspecified atom stereocenters. The molecule has 100 valence electrons. The minimum Gasteiger partial charge on any atom is -0.493 e. The molecule has 1 aromatic rings. The smallest absolute Gasteiger partial charge is 0.306 e. The van der Waals surface area contributed by atoms with E-state index < -0.39 is 17.7 Å². The highest BCUT2D eigenvalue weighted by Gasteiger charge is 2.22. The van der Waals surface area contributed by atoms with E-state index in [1.165, 1.54) is 27.2 Å². The minimum atomic E-state index is -0.968. The Morgan fingerprint density at radius 2 is 2.00 bits per heavy atom. The minimum absolute atomic E-state index is 0.0376. The Hall–Kier alpha value is -1.49. The van der Waals surface area contributed by atoms with Crippen LogP contribution in [-0.2, 0) is 11.2 Å². The molecule has 0 aliphatic rings. The van der Waals surface area contributed by atoms with Gasteiger partial charge < -0.3 is 14.6 Å². The van der Waals surface area contributed by atoms with Gasteiger partial charge in [-0.2, -0.15) is 4.39 Å². The first-order valence-electron chi connectivity index (χ1n) is 5.24. The molecule has 0 aromatic heterocycles. The largest absolute Gasteiger partial charge is 0.493 e. The Balaban J connectivity index is 3.24. The van der Waals surface area contributed by atoms with Crippen molar-refractivity contribution in [1.82, 2.24) is 0 Å². The summed E-state index contributed by atoms with van der Waals surface area (Å²) in [6.45, 7) is 1.53. The lowest BCUT2D eigenvalue weighted by Gasteiger charge is -2.15. The Kier molecular flexibility index (Phi) is 4.78. The Morgan fingerprint density at radius 3 is 2.44 bits per heavy atom. The molecule has 0 saturated carbocycles. The average molecular weight is 277 g/mol. The van der Waals surface area contributed by atoms with E-state index in [2.05, 4.69) is 0 Å². The number of carbonyl (C=O) groups is 1. The molecule has 0 aliphatic heterocycles. The zero-order valence-corrected chi connectivity index (χ0v) is 11.0. The normalized spacial score (nSPS) is 12.1. The van der Waals surface area contributed by atoms with Crippen LogP contribution in [0, 0.1) is 11.7 Å². The van der Waals surface area contributed by atoms with E-state index in [-0.39, 0.29) is 22.9 Å². The van der Waals surface area contributed by atoms with Crippen molar-refractivity contribution >= 4 is 17.6 Å². The lowest BCUT2D eigenvalue weighted by atomic mass is 10.00. The molecular weight excluding hydrogens is 263 g/mol. The van der Waals surface area contributed by atoms with Gasteiger partial charge in [0.1, 0.15) is 0 Å². The lowest BCUT2D eigenvalue weighted by molar-refractivity contribution is -0.141. The van der Waals surface area contributed by atoms with Gasteiger partial charge in [0.15, 0.2) is 11.5 Å². The molecule has 0 saturated heterocycles. The van der Waals surface area contributed by atoms with Gasteiger partial charge in [0.25, 0.3) is 0 Å². The van der Waals surface area contributed by atoms with E-state index in [4.69, 9.17) is 26.2 Å². The van der Waals surface area contributed by atoms with E-state index in [0.717, 1.165) is 0 Å². The number of benzene rings is 1. The molecule has 0 spiro atoms. The number of hydrogen-bond donors (Lipinski definition) is 1. The van der Waals surface area contributed by atoms with Gasteiger partial charge in [-0.1, -0.05) is 18.5 Å².